The van der Waals surface area contributed by atoms with Crippen LogP contribution in [0.5, 0.6) is 11.5 Å². The molecule has 0 aliphatic carbocycles. The Kier molecular flexibility index (Phi) is 6.60. The molecule has 3 N–H and O–H groups in total. The first-order valence-electron chi connectivity index (χ1n) is 11.8. The smallest absolute Gasteiger partial charge is 0.240 e. The summed E-state index contributed by atoms with van der Waals surface area (Å²) in [6, 6.07) is 22.1. The topological polar surface area (TPSA) is 96.5 Å². The summed E-state index contributed by atoms with van der Waals surface area (Å²) < 4.78 is 34.4. The number of sulfonamides is 1. The number of rotatable bonds is 6. The van der Waals surface area contributed by atoms with Crippen molar-refractivity contribution in [1.82, 2.24) is 15.4 Å². The number of carbonyl (C=O) groups is 1. The van der Waals surface area contributed by atoms with Crippen LogP contribution in [0.25, 0.3) is 0 Å². The molecular weight excluding hydrogens is 462 g/mol. The number of fused-ring (bicyclic) bond motifs is 2. The molecule has 1 amide bonds. The molecular formula is C27H29N3O4S. The fourth-order valence-electron chi connectivity index (χ4n) is 4.81. The van der Waals surface area contributed by atoms with Gasteiger partial charge >= 0.3 is 0 Å². The highest BCUT2D eigenvalue weighted by Gasteiger charge is 2.32. The Bertz CT molecular complexity index is 1280. The molecule has 7 nitrogen and oxygen atoms in total. The minimum atomic E-state index is -3.66. The lowest BCUT2D eigenvalue weighted by atomic mass is 9.87. The fraction of sp³-hybridized carbons (Fsp3) is 0.296. The maximum absolute atomic E-state index is 13.1. The molecule has 3 aromatic rings. The number of piperidine rings is 1. The standard InChI is InChI=1S/C27H29N3O4S/c1-18-10-12-21(13-11-18)35(32,33)30-20-14-19(15-28-16-20)27(31)29-17-24-22-6-2-4-8-25(22)34-26-9-5-3-7-23(24)26/h2-13,19-20,24,28,30H,14-17H2,1H3,(H,29,31)/t19-,20+/m0/s1. The fourth-order valence-corrected chi connectivity index (χ4v) is 6.06. The van der Waals surface area contributed by atoms with Gasteiger partial charge in [0.15, 0.2) is 0 Å². The van der Waals surface area contributed by atoms with Gasteiger partial charge in [0.1, 0.15) is 11.5 Å². The van der Waals surface area contributed by atoms with Crippen LogP contribution in [-0.2, 0) is 14.8 Å². The average Bonchev–Trinajstić information content (AvgIpc) is 2.86. The van der Waals surface area contributed by atoms with Crippen molar-refractivity contribution in [3.8, 4) is 11.5 Å². The number of para-hydroxylation sites is 2. The van der Waals surface area contributed by atoms with E-state index in [1.807, 2.05) is 55.5 Å². The van der Waals surface area contributed by atoms with Gasteiger partial charge in [-0.05, 0) is 37.6 Å². The number of aryl methyl sites for hydroxylation is 1. The molecule has 2 atom stereocenters. The maximum Gasteiger partial charge on any atom is 0.240 e. The predicted octanol–water partition coefficient (Wildman–Crippen LogP) is 3.31. The Balaban J connectivity index is 1.24. The highest BCUT2D eigenvalue weighted by molar-refractivity contribution is 7.89. The van der Waals surface area contributed by atoms with Gasteiger partial charge in [0, 0.05) is 42.7 Å². The number of benzene rings is 3. The minimum absolute atomic E-state index is 0.0208. The second-order valence-corrected chi connectivity index (χ2v) is 10.9. The van der Waals surface area contributed by atoms with Gasteiger partial charge < -0.3 is 15.4 Å². The van der Waals surface area contributed by atoms with Crippen LogP contribution in [-0.4, -0.2) is 40.0 Å². The van der Waals surface area contributed by atoms with E-state index in [2.05, 4.69) is 15.4 Å². The summed E-state index contributed by atoms with van der Waals surface area (Å²) in [5.74, 6) is 1.16. The third kappa shape index (κ3) is 5.10. The zero-order chi connectivity index (χ0) is 24.4. The predicted molar refractivity (Wildman–Crippen MR) is 134 cm³/mol. The SMILES string of the molecule is Cc1ccc(S(=O)(=O)N[C@H]2CNC[C@@H](C(=O)NCC3c4ccccc4Oc4ccccc43)C2)cc1. The van der Waals surface area contributed by atoms with Crippen molar-refractivity contribution >= 4 is 15.9 Å². The molecule has 5 rings (SSSR count). The van der Waals surface area contributed by atoms with Gasteiger partial charge in [-0.15, -0.1) is 0 Å². The van der Waals surface area contributed by atoms with Crippen molar-refractivity contribution in [1.29, 1.82) is 0 Å². The van der Waals surface area contributed by atoms with Crippen LogP contribution in [0.15, 0.2) is 77.7 Å². The van der Waals surface area contributed by atoms with Crippen molar-refractivity contribution < 1.29 is 17.9 Å². The van der Waals surface area contributed by atoms with Crippen LogP contribution in [0.4, 0.5) is 0 Å². The van der Waals surface area contributed by atoms with Crippen LogP contribution in [0.2, 0.25) is 0 Å². The summed E-state index contributed by atoms with van der Waals surface area (Å²) in [7, 11) is -3.66. The second kappa shape index (κ2) is 9.81. The number of carbonyl (C=O) groups excluding carboxylic acids is 1. The largest absolute Gasteiger partial charge is 0.457 e. The summed E-state index contributed by atoms with van der Waals surface area (Å²) in [6.07, 6.45) is 0.435. The molecule has 0 saturated carbocycles. The Morgan fingerprint density at radius 3 is 2.23 bits per heavy atom. The summed E-state index contributed by atoms with van der Waals surface area (Å²) >= 11 is 0. The van der Waals surface area contributed by atoms with Crippen molar-refractivity contribution in [3.63, 3.8) is 0 Å². The average molecular weight is 492 g/mol. The summed E-state index contributed by atoms with van der Waals surface area (Å²) in [5.41, 5.74) is 3.07. The number of amides is 1. The molecule has 1 saturated heterocycles. The normalized spacial score (nSPS) is 19.8. The first-order chi connectivity index (χ1) is 16.9. The monoisotopic (exact) mass is 491 g/mol. The van der Waals surface area contributed by atoms with E-state index in [0.717, 1.165) is 28.2 Å². The Morgan fingerprint density at radius 2 is 1.57 bits per heavy atom. The van der Waals surface area contributed by atoms with Crippen LogP contribution in [0.3, 0.4) is 0 Å². The van der Waals surface area contributed by atoms with Gasteiger partial charge in [-0.2, -0.15) is 0 Å². The van der Waals surface area contributed by atoms with Crippen LogP contribution >= 0.6 is 0 Å². The minimum Gasteiger partial charge on any atom is -0.457 e. The van der Waals surface area contributed by atoms with Gasteiger partial charge in [0.25, 0.3) is 0 Å². The lowest BCUT2D eigenvalue weighted by Crippen LogP contribution is -2.52. The van der Waals surface area contributed by atoms with Gasteiger partial charge in [-0.3, -0.25) is 4.79 Å². The Labute approximate surface area is 206 Å². The highest BCUT2D eigenvalue weighted by atomic mass is 32.2. The second-order valence-electron chi connectivity index (χ2n) is 9.20. The summed E-state index contributed by atoms with van der Waals surface area (Å²) in [4.78, 5) is 13.4. The number of hydrogen-bond acceptors (Lipinski definition) is 5. The molecule has 0 radical (unpaired) electrons. The zero-order valence-electron chi connectivity index (χ0n) is 19.5. The van der Waals surface area contributed by atoms with E-state index in [-0.39, 0.29) is 28.7 Å². The molecule has 35 heavy (non-hydrogen) atoms. The molecule has 0 aromatic heterocycles. The molecule has 0 spiro atoms. The van der Waals surface area contributed by atoms with Crippen molar-refractivity contribution in [2.75, 3.05) is 19.6 Å². The Hall–Kier alpha value is -3.20. The van der Waals surface area contributed by atoms with E-state index in [0.29, 0.717) is 26.1 Å². The van der Waals surface area contributed by atoms with Crippen LogP contribution in [0, 0.1) is 12.8 Å². The number of nitrogens with one attached hydrogen (secondary N) is 3. The molecule has 3 aromatic carbocycles. The van der Waals surface area contributed by atoms with Gasteiger partial charge in [0.05, 0.1) is 10.8 Å². The third-order valence-electron chi connectivity index (χ3n) is 6.66. The van der Waals surface area contributed by atoms with Crippen LogP contribution < -0.4 is 20.1 Å². The third-order valence-corrected chi connectivity index (χ3v) is 8.20. The van der Waals surface area contributed by atoms with Crippen molar-refractivity contribution in [3.05, 3.63) is 89.5 Å². The number of ether oxygens (including phenoxy) is 1. The number of hydrogen-bond donors (Lipinski definition) is 3. The summed E-state index contributed by atoms with van der Waals surface area (Å²) in [6.45, 7) is 3.34. The lowest BCUT2D eigenvalue weighted by molar-refractivity contribution is -0.125. The van der Waals surface area contributed by atoms with Crippen molar-refractivity contribution in [2.45, 2.75) is 30.2 Å². The zero-order valence-corrected chi connectivity index (χ0v) is 20.3. The van der Waals surface area contributed by atoms with Crippen LogP contribution in [0.1, 0.15) is 29.0 Å². The van der Waals surface area contributed by atoms with Gasteiger partial charge in [0.2, 0.25) is 15.9 Å². The van der Waals surface area contributed by atoms with E-state index in [9.17, 15) is 13.2 Å². The molecule has 2 heterocycles. The van der Waals surface area contributed by atoms with E-state index >= 15 is 0 Å². The Morgan fingerprint density at radius 1 is 0.943 bits per heavy atom. The van der Waals surface area contributed by atoms with E-state index in [1.165, 1.54) is 0 Å². The molecule has 0 unspecified atom stereocenters. The molecule has 0 bridgehead atoms. The molecule has 182 valence electrons. The van der Waals surface area contributed by atoms with Gasteiger partial charge in [-0.25, -0.2) is 13.1 Å². The van der Waals surface area contributed by atoms with E-state index < -0.39 is 10.0 Å². The quantitative estimate of drug-likeness (QED) is 0.492. The molecule has 2 aliphatic heterocycles. The first-order valence-corrected chi connectivity index (χ1v) is 13.3. The molecule has 2 aliphatic rings. The maximum atomic E-state index is 13.1. The van der Waals surface area contributed by atoms with E-state index in [1.54, 1.807) is 24.3 Å². The molecule has 8 heteroatoms. The van der Waals surface area contributed by atoms with Gasteiger partial charge in [-0.1, -0.05) is 54.1 Å². The molecule has 1 fully saturated rings. The summed E-state index contributed by atoms with van der Waals surface area (Å²) in [5, 5.41) is 6.32. The first kappa shape index (κ1) is 23.5. The van der Waals surface area contributed by atoms with Crippen molar-refractivity contribution in [2.24, 2.45) is 5.92 Å². The lowest BCUT2D eigenvalue weighted by Gasteiger charge is -2.31. The highest BCUT2D eigenvalue weighted by Crippen LogP contribution is 2.43. The van der Waals surface area contributed by atoms with E-state index in [4.69, 9.17) is 4.74 Å².